The van der Waals surface area contributed by atoms with Crippen LogP contribution in [0.25, 0.3) is 0 Å². The van der Waals surface area contributed by atoms with E-state index in [2.05, 4.69) is 25.1 Å². The number of benzene rings is 2. The first-order valence-corrected chi connectivity index (χ1v) is 6.70. The Bertz CT molecular complexity index is 594. The summed E-state index contributed by atoms with van der Waals surface area (Å²) in [5, 5.41) is 0. The first-order chi connectivity index (χ1) is 9.63. The quantitative estimate of drug-likeness (QED) is 0.907. The Morgan fingerprint density at radius 3 is 2.50 bits per heavy atom. The molecule has 2 rings (SSSR count). The molecule has 0 unspecified atom stereocenters. The van der Waals surface area contributed by atoms with Gasteiger partial charge in [0.1, 0.15) is 18.1 Å². The number of rotatable bonds is 5. The lowest BCUT2D eigenvalue weighted by Gasteiger charge is -2.12. The van der Waals surface area contributed by atoms with Crippen molar-refractivity contribution in [2.24, 2.45) is 5.73 Å². The average Bonchev–Trinajstić information content (AvgIpc) is 2.47. The van der Waals surface area contributed by atoms with Crippen LogP contribution in [0, 0.1) is 13.8 Å². The van der Waals surface area contributed by atoms with Crippen molar-refractivity contribution in [1.29, 1.82) is 0 Å². The third kappa shape index (κ3) is 3.31. The van der Waals surface area contributed by atoms with E-state index in [-0.39, 0.29) is 0 Å². The van der Waals surface area contributed by atoms with Gasteiger partial charge in [-0.2, -0.15) is 0 Å². The molecule has 0 aliphatic heterocycles. The molecule has 2 N–H and O–H groups in total. The van der Waals surface area contributed by atoms with Gasteiger partial charge in [0, 0.05) is 12.1 Å². The minimum atomic E-state index is 0.459. The molecule has 0 spiro atoms. The fourth-order valence-corrected chi connectivity index (χ4v) is 2.11. The van der Waals surface area contributed by atoms with Crippen LogP contribution in [-0.2, 0) is 13.2 Å². The van der Waals surface area contributed by atoms with Gasteiger partial charge in [0.2, 0.25) is 0 Å². The molecule has 3 nitrogen and oxygen atoms in total. The molecule has 0 fully saturated rings. The van der Waals surface area contributed by atoms with Crippen molar-refractivity contribution in [3.05, 3.63) is 58.7 Å². The third-order valence-electron chi connectivity index (χ3n) is 3.30. The third-order valence-corrected chi connectivity index (χ3v) is 3.30. The minimum absolute atomic E-state index is 0.459. The Morgan fingerprint density at radius 2 is 1.80 bits per heavy atom. The zero-order valence-electron chi connectivity index (χ0n) is 12.3. The van der Waals surface area contributed by atoms with Crippen LogP contribution in [0.3, 0.4) is 0 Å². The lowest BCUT2D eigenvalue weighted by atomic mass is 10.1. The maximum atomic E-state index is 5.90. The SMILES string of the molecule is COc1ccc(COc2cc(C)ccc2C)cc1CN. The summed E-state index contributed by atoms with van der Waals surface area (Å²) in [6.45, 7) is 5.10. The molecule has 0 radical (unpaired) electrons. The van der Waals surface area contributed by atoms with E-state index in [0.29, 0.717) is 13.2 Å². The molecular weight excluding hydrogens is 250 g/mol. The van der Waals surface area contributed by atoms with E-state index in [4.69, 9.17) is 15.2 Å². The Kier molecular flexibility index (Phi) is 4.64. The van der Waals surface area contributed by atoms with Crippen LogP contribution in [0.5, 0.6) is 11.5 Å². The molecule has 0 amide bonds. The van der Waals surface area contributed by atoms with E-state index < -0.39 is 0 Å². The maximum Gasteiger partial charge on any atom is 0.123 e. The molecule has 0 atom stereocenters. The highest BCUT2D eigenvalue weighted by Crippen LogP contribution is 2.23. The number of ether oxygens (including phenoxy) is 2. The van der Waals surface area contributed by atoms with E-state index in [1.165, 1.54) is 5.56 Å². The van der Waals surface area contributed by atoms with E-state index in [1.807, 2.05) is 25.1 Å². The molecule has 20 heavy (non-hydrogen) atoms. The molecule has 0 saturated carbocycles. The normalized spacial score (nSPS) is 10.4. The van der Waals surface area contributed by atoms with E-state index in [1.54, 1.807) is 7.11 Å². The largest absolute Gasteiger partial charge is 0.496 e. The molecule has 2 aromatic rings. The van der Waals surface area contributed by atoms with Crippen molar-refractivity contribution in [3.63, 3.8) is 0 Å². The van der Waals surface area contributed by atoms with Gasteiger partial charge in [0.05, 0.1) is 7.11 Å². The fraction of sp³-hybridized carbons (Fsp3) is 0.294. The van der Waals surface area contributed by atoms with Crippen LogP contribution in [-0.4, -0.2) is 7.11 Å². The van der Waals surface area contributed by atoms with Gasteiger partial charge in [-0.3, -0.25) is 0 Å². The van der Waals surface area contributed by atoms with Crippen molar-refractivity contribution in [3.8, 4) is 11.5 Å². The van der Waals surface area contributed by atoms with Crippen LogP contribution < -0.4 is 15.2 Å². The van der Waals surface area contributed by atoms with Gasteiger partial charge in [-0.05, 0) is 48.7 Å². The zero-order valence-corrected chi connectivity index (χ0v) is 12.3. The monoisotopic (exact) mass is 271 g/mol. The van der Waals surface area contributed by atoms with Crippen LogP contribution in [0.1, 0.15) is 22.3 Å². The summed E-state index contributed by atoms with van der Waals surface area (Å²) in [6.07, 6.45) is 0. The first kappa shape index (κ1) is 14.4. The molecule has 0 heterocycles. The van der Waals surface area contributed by atoms with Crippen molar-refractivity contribution >= 4 is 0 Å². The summed E-state index contributed by atoms with van der Waals surface area (Å²) >= 11 is 0. The molecular formula is C17H21NO2. The number of aryl methyl sites for hydroxylation is 2. The summed E-state index contributed by atoms with van der Waals surface area (Å²) in [4.78, 5) is 0. The summed E-state index contributed by atoms with van der Waals surface area (Å²) in [6, 6.07) is 12.2. The van der Waals surface area contributed by atoms with Gasteiger partial charge < -0.3 is 15.2 Å². The first-order valence-electron chi connectivity index (χ1n) is 6.70. The van der Waals surface area contributed by atoms with E-state index >= 15 is 0 Å². The summed E-state index contributed by atoms with van der Waals surface area (Å²) < 4.78 is 11.2. The Morgan fingerprint density at radius 1 is 1.00 bits per heavy atom. The summed E-state index contributed by atoms with van der Waals surface area (Å²) in [5.41, 5.74) is 10.1. The zero-order chi connectivity index (χ0) is 14.5. The molecule has 3 heteroatoms. The Balaban J connectivity index is 2.12. The minimum Gasteiger partial charge on any atom is -0.496 e. The average molecular weight is 271 g/mol. The van der Waals surface area contributed by atoms with Crippen LogP contribution in [0.15, 0.2) is 36.4 Å². The molecule has 0 bridgehead atoms. The number of hydrogen-bond acceptors (Lipinski definition) is 3. The van der Waals surface area contributed by atoms with Gasteiger partial charge in [-0.25, -0.2) is 0 Å². The van der Waals surface area contributed by atoms with Gasteiger partial charge in [0.15, 0.2) is 0 Å². The maximum absolute atomic E-state index is 5.90. The molecule has 0 aromatic heterocycles. The second-order valence-corrected chi connectivity index (χ2v) is 4.91. The lowest BCUT2D eigenvalue weighted by Crippen LogP contribution is -2.03. The lowest BCUT2D eigenvalue weighted by molar-refractivity contribution is 0.303. The van der Waals surface area contributed by atoms with Crippen LogP contribution in [0.4, 0.5) is 0 Å². The van der Waals surface area contributed by atoms with Gasteiger partial charge in [-0.1, -0.05) is 18.2 Å². The highest BCUT2D eigenvalue weighted by molar-refractivity contribution is 5.38. The standard InChI is InChI=1S/C17H21NO2/c1-12-4-5-13(2)17(8-12)20-11-14-6-7-16(19-3)15(9-14)10-18/h4-9H,10-11,18H2,1-3H3. The van der Waals surface area contributed by atoms with Crippen LogP contribution >= 0.6 is 0 Å². The highest BCUT2D eigenvalue weighted by Gasteiger charge is 2.05. The van der Waals surface area contributed by atoms with Gasteiger partial charge in [0.25, 0.3) is 0 Å². The highest BCUT2D eigenvalue weighted by atomic mass is 16.5. The van der Waals surface area contributed by atoms with E-state index in [0.717, 1.165) is 28.2 Å². The smallest absolute Gasteiger partial charge is 0.123 e. The predicted molar refractivity (Wildman–Crippen MR) is 81.1 cm³/mol. The number of hydrogen-bond donors (Lipinski definition) is 1. The molecule has 2 aromatic carbocycles. The second-order valence-electron chi connectivity index (χ2n) is 4.91. The fourth-order valence-electron chi connectivity index (χ4n) is 2.11. The van der Waals surface area contributed by atoms with Gasteiger partial charge in [-0.15, -0.1) is 0 Å². The Hall–Kier alpha value is -2.00. The van der Waals surface area contributed by atoms with Crippen molar-refractivity contribution in [2.45, 2.75) is 27.0 Å². The van der Waals surface area contributed by atoms with Crippen molar-refractivity contribution in [2.75, 3.05) is 7.11 Å². The van der Waals surface area contributed by atoms with Crippen molar-refractivity contribution < 1.29 is 9.47 Å². The second kappa shape index (κ2) is 6.44. The number of nitrogens with two attached hydrogens (primary N) is 1. The molecule has 0 aliphatic rings. The topological polar surface area (TPSA) is 44.5 Å². The predicted octanol–water partition coefficient (Wildman–Crippen LogP) is 3.35. The summed E-state index contributed by atoms with van der Waals surface area (Å²) in [7, 11) is 1.65. The Labute approximate surface area is 120 Å². The number of methoxy groups -OCH3 is 1. The van der Waals surface area contributed by atoms with E-state index in [9.17, 15) is 0 Å². The molecule has 0 aliphatic carbocycles. The van der Waals surface area contributed by atoms with Crippen LogP contribution in [0.2, 0.25) is 0 Å². The molecule has 0 saturated heterocycles. The van der Waals surface area contributed by atoms with Gasteiger partial charge >= 0.3 is 0 Å². The summed E-state index contributed by atoms with van der Waals surface area (Å²) in [5.74, 6) is 1.75. The van der Waals surface area contributed by atoms with Crippen molar-refractivity contribution in [1.82, 2.24) is 0 Å². The molecule has 106 valence electrons.